The number of hydrogen-bond acceptors (Lipinski definition) is 5. The van der Waals surface area contributed by atoms with Crippen LogP contribution >= 0.6 is 0 Å². The van der Waals surface area contributed by atoms with Crippen LogP contribution in [0.25, 0.3) is 0 Å². The van der Waals surface area contributed by atoms with Gasteiger partial charge in [0.25, 0.3) is 5.92 Å². The number of alkyl halides is 2. The van der Waals surface area contributed by atoms with Gasteiger partial charge in [-0.2, -0.15) is 0 Å². The van der Waals surface area contributed by atoms with E-state index in [1.165, 1.54) is 0 Å². The van der Waals surface area contributed by atoms with Gasteiger partial charge in [-0.25, -0.2) is 8.78 Å². The first-order chi connectivity index (χ1) is 9.89. The first-order valence-corrected chi connectivity index (χ1v) is 7.37. The van der Waals surface area contributed by atoms with Gasteiger partial charge in [-0.05, 0) is 18.8 Å². The molecule has 3 aliphatic rings. The summed E-state index contributed by atoms with van der Waals surface area (Å²) in [5.74, 6) is -2.66. The fraction of sp³-hybridized carbons (Fsp3) is 1.00. The number of halogens is 2. The Labute approximate surface area is 123 Å². The number of rotatable bonds is 4. The number of nitrogens with zero attached hydrogens (tertiary/aromatic N) is 1. The molecule has 0 bridgehead atoms. The quantitative estimate of drug-likeness (QED) is 0.820. The van der Waals surface area contributed by atoms with Gasteiger partial charge in [0.05, 0.1) is 44.6 Å². The number of hydrogen-bond donors (Lipinski definition) is 1. The summed E-state index contributed by atoms with van der Waals surface area (Å²) in [7, 11) is 3.19. The molecule has 1 aliphatic carbocycles. The van der Waals surface area contributed by atoms with Crippen LogP contribution in [0.4, 0.5) is 8.78 Å². The minimum atomic E-state index is -2.65. The van der Waals surface area contributed by atoms with Crippen molar-refractivity contribution in [1.29, 1.82) is 0 Å². The molecule has 5 atom stereocenters. The van der Waals surface area contributed by atoms with E-state index in [0.29, 0.717) is 19.4 Å². The molecule has 1 saturated carbocycles. The largest absolute Gasteiger partial charge is 0.385 e. The average Bonchev–Trinajstić information content (AvgIpc) is 2.68. The van der Waals surface area contributed by atoms with E-state index in [9.17, 15) is 13.9 Å². The summed E-state index contributed by atoms with van der Waals surface area (Å²) in [5.41, 5.74) is -1.11. The van der Waals surface area contributed by atoms with Crippen LogP contribution < -0.4 is 0 Å². The van der Waals surface area contributed by atoms with E-state index in [2.05, 4.69) is 0 Å². The second kappa shape index (κ2) is 5.38. The van der Waals surface area contributed by atoms with Crippen molar-refractivity contribution in [1.82, 2.24) is 4.90 Å². The molecular formula is C14H23F2NO4. The summed E-state index contributed by atoms with van der Waals surface area (Å²) in [5, 5.41) is 11.0. The zero-order chi connectivity index (χ0) is 15.3. The summed E-state index contributed by atoms with van der Waals surface area (Å²) in [6.07, 6.45) is 1.06. The van der Waals surface area contributed by atoms with Crippen molar-refractivity contribution in [2.45, 2.75) is 42.6 Å². The molecule has 3 fully saturated rings. The van der Waals surface area contributed by atoms with Gasteiger partial charge in [0, 0.05) is 14.2 Å². The molecule has 0 aromatic heterocycles. The Hall–Kier alpha value is -0.340. The third kappa shape index (κ3) is 2.59. The number of aliphatic hydroxyl groups is 1. The smallest absolute Gasteiger partial charge is 0.272 e. The maximum Gasteiger partial charge on any atom is 0.272 e. The van der Waals surface area contributed by atoms with Crippen molar-refractivity contribution in [3.05, 3.63) is 0 Å². The summed E-state index contributed by atoms with van der Waals surface area (Å²) >= 11 is 0. The van der Waals surface area contributed by atoms with E-state index in [1.54, 1.807) is 19.1 Å². The highest BCUT2D eigenvalue weighted by molar-refractivity contribution is 5.13. The van der Waals surface area contributed by atoms with E-state index >= 15 is 0 Å². The van der Waals surface area contributed by atoms with Crippen LogP contribution in [0.5, 0.6) is 0 Å². The van der Waals surface area contributed by atoms with Crippen LogP contribution in [-0.4, -0.2) is 80.3 Å². The number of methoxy groups -OCH3 is 2. The van der Waals surface area contributed by atoms with Crippen LogP contribution in [0, 0.1) is 5.92 Å². The first-order valence-electron chi connectivity index (χ1n) is 7.37. The fourth-order valence-electron chi connectivity index (χ4n) is 4.14. The monoisotopic (exact) mass is 307 g/mol. The number of ether oxygens (including phenoxy) is 3. The van der Waals surface area contributed by atoms with E-state index in [4.69, 9.17) is 14.2 Å². The van der Waals surface area contributed by atoms with E-state index < -0.39 is 17.6 Å². The molecule has 0 aromatic rings. The van der Waals surface area contributed by atoms with E-state index in [-0.39, 0.29) is 37.8 Å². The lowest BCUT2D eigenvalue weighted by Crippen LogP contribution is -2.69. The van der Waals surface area contributed by atoms with Crippen molar-refractivity contribution >= 4 is 0 Å². The van der Waals surface area contributed by atoms with Gasteiger partial charge in [0.1, 0.15) is 5.60 Å². The minimum Gasteiger partial charge on any atom is -0.385 e. The molecule has 0 spiro atoms. The van der Waals surface area contributed by atoms with Gasteiger partial charge in [-0.15, -0.1) is 0 Å². The summed E-state index contributed by atoms with van der Waals surface area (Å²) in [6, 6.07) is -0.421. The Morgan fingerprint density at radius 3 is 2.57 bits per heavy atom. The Kier molecular flexibility index (Phi) is 3.99. The number of likely N-dealkylation sites (tertiary alicyclic amines) is 1. The molecule has 5 nitrogen and oxygen atoms in total. The van der Waals surface area contributed by atoms with Crippen molar-refractivity contribution in [3.8, 4) is 0 Å². The van der Waals surface area contributed by atoms with Crippen molar-refractivity contribution in [3.63, 3.8) is 0 Å². The molecule has 2 aliphatic heterocycles. The van der Waals surface area contributed by atoms with Gasteiger partial charge in [0.2, 0.25) is 0 Å². The zero-order valence-electron chi connectivity index (χ0n) is 12.4. The predicted octanol–water partition coefficient (Wildman–Crippen LogP) is 0.507. The summed E-state index contributed by atoms with van der Waals surface area (Å²) in [6.45, 7) is 0.0110. The third-order valence-corrected chi connectivity index (χ3v) is 5.10. The molecule has 7 heteroatoms. The molecule has 2 saturated heterocycles. The molecule has 21 heavy (non-hydrogen) atoms. The topological polar surface area (TPSA) is 51.2 Å². The molecule has 2 heterocycles. The van der Waals surface area contributed by atoms with Crippen molar-refractivity contribution < 1.29 is 28.1 Å². The number of fused-ring (bicyclic) bond motifs is 1. The predicted molar refractivity (Wildman–Crippen MR) is 70.4 cm³/mol. The molecule has 0 aromatic carbocycles. The van der Waals surface area contributed by atoms with Crippen LogP contribution in [0.15, 0.2) is 0 Å². The molecule has 0 unspecified atom stereocenters. The molecule has 3 rings (SSSR count). The first kappa shape index (κ1) is 15.6. The lowest BCUT2D eigenvalue weighted by molar-refractivity contribution is -0.220. The van der Waals surface area contributed by atoms with Crippen LogP contribution in [0.2, 0.25) is 0 Å². The van der Waals surface area contributed by atoms with Crippen molar-refractivity contribution in [2.24, 2.45) is 5.92 Å². The van der Waals surface area contributed by atoms with Crippen molar-refractivity contribution in [2.75, 3.05) is 40.5 Å². The van der Waals surface area contributed by atoms with Crippen LogP contribution in [0.3, 0.4) is 0 Å². The molecular weight excluding hydrogens is 284 g/mol. The fourth-order valence-corrected chi connectivity index (χ4v) is 4.14. The summed E-state index contributed by atoms with van der Waals surface area (Å²) < 4.78 is 42.6. The summed E-state index contributed by atoms with van der Waals surface area (Å²) in [4.78, 5) is 1.63. The molecule has 0 amide bonds. The Morgan fingerprint density at radius 1 is 1.29 bits per heavy atom. The Bertz CT molecular complexity index is 389. The average molecular weight is 307 g/mol. The lowest BCUT2D eigenvalue weighted by atomic mass is 9.81. The lowest BCUT2D eigenvalue weighted by Gasteiger charge is -2.50. The normalized spacial score (nSPS) is 46.1. The molecule has 0 radical (unpaired) electrons. The van der Waals surface area contributed by atoms with E-state index in [0.717, 1.165) is 0 Å². The van der Waals surface area contributed by atoms with Crippen LogP contribution in [-0.2, 0) is 14.2 Å². The molecule has 122 valence electrons. The van der Waals surface area contributed by atoms with Crippen LogP contribution in [0.1, 0.15) is 12.8 Å². The Balaban J connectivity index is 1.74. The second-order valence-corrected chi connectivity index (χ2v) is 6.53. The maximum atomic E-state index is 13.2. The van der Waals surface area contributed by atoms with Gasteiger partial charge >= 0.3 is 0 Å². The highest BCUT2D eigenvalue weighted by Gasteiger charge is 2.63. The van der Waals surface area contributed by atoms with Gasteiger partial charge in [-0.1, -0.05) is 0 Å². The zero-order valence-corrected chi connectivity index (χ0v) is 12.4. The standard InChI is InChI=1S/C14H23F2NO4/c1-19-5-10-3-9-4-11(20-2)12(14(9,18)8-21-10)17-6-13(15,16)7-17/h9-12,18H,3-8H2,1-2H3/t9-,10+,11+,12-,14-/m0/s1. The Morgan fingerprint density at radius 2 is 2.00 bits per heavy atom. The SMILES string of the molecule is COC[C@H]1C[C@H]2C[C@@H](OC)[C@H](N3CC(F)(F)C3)[C@]2(O)CO1. The second-order valence-electron chi connectivity index (χ2n) is 6.53. The van der Waals surface area contributed by atoms with Gasteiger partial charge in [-0.3, -0.25) is 4.90 Å². The molecule has 1 N–H and O–H groups in total. The minimum absolute atomic E-state index is 0.00410. The van der Waals surface area contributed by atoms with Gasteiger partial charge in [0.15, 0.2) is 0 Å². The highest BCUT2D eigenvalue weighted by atomic mass is 19.3. The van der Waals surface area contributed by atoms with Gasteiger partial charge < -0.3 is 19.3 Å². The third-order valence-electron chi connectivity index (χ3n) is 5.10. The maximum absolute atomic E-state index is 13.2. The van der Waals surface area contributed by atoms with E-state index in [1.807, 2.05) is 0 Å². The highest BCUT2D eigenvalue weighted by Crippen LogP contribution is 2.48.